The average molecular weight is 417 g/mol. The predicted octanol–water partition coefficient (Wildman–Crippen LogP) is 1.61. The number of carbonyl (C=O) groups is 2. The second-order valence-electron chi connectivity index (χ2n) is 9.00. The van der Waals surface area contributed by atoms with Crippen LogP contribution in [0.15, 0.2) is 30.3 Å². The SMILES string of the molecule is CC1(NC(=O)O[C@@H]2CC[C@H](C3CC(NC(=O)Cc4ccccc4)NN3)C2)CCOC1. The minimum absolute atomic E-state index is 0.00911. The molecule has 4 N–H and O–H groups in total. The van der Waals surface area contributed by atoms with Crippen molar-refractivity contribution >= 4 is 12.0 Å². The lowest BCUT2D eigenvalue weighted by molar-refractivity contribution is -0.121. The van der Waals surface area contributed by atoms with Gasteiger partial charge in [0, 0.05) is 12.6 Å². The minimum atomic E-state index is -0.350. The van der Waals surface area contributed by atoms with Crippen molar-refractivity contribution in [2.24, 2.45) is 5.92 Å². The molecular formula is C22H32N4O4. The molecule has 5 atom stereocenters. The molecule has 2 aliphatic heterocycles. The Labute approximate surface area is 177 Å². The summed E-state index contributed by atoms with van der Waals surface area (Å²) in [6, 6.07) is 9.99. The van der Waals surface area contributed by atoms with Crippen LogP contribution in [-0.4, -0.2) is 49.1 Å². The zero-order valence-corrected chi connectivity index (χ0v) is 17.5. The van der Waals surface area contributed by atoms with Crippen LogP contribution in [0, 0.1) is 5.92 Å². The van der Waals surface area contributed by atoms with Crippen molar-refractivity contribution in [3.63, 3.8) is 0 Å². The summed E-state index contributed by atoms with van der Waals surface area (Å²) in [6.07, 6.45) is 4.22. The van der Waals surface area contributed by atoms with Crippen LogP contribution in [0.4, 0.5) is 4.79 Å². The molecule has 8 heteroatoms. The summed E-state index contributed by atoms with van der Waals surface area (Å²) in [5.74, 6) is 0.423. The normalized spacial score (nSPS) is 33.4. The maximum Gasteiger partial charge on any atom is 0.407 e. The molecule has 2 heterocycles. The molecular weight excluding hydrogens is 384 g/mol. The van der Waals surface area contributed by atoms with E-state index in [0.29, 0.717) is 25.6 Å². The Morgan fingerprint density at radius 2 is 2.03 bits per heavy atom. The van der Waals surface area contributed by atoms with Gasteiger partial charge in [0.1, 0.15) is 6.10 Å². The lowest BCUT2D eigenvalue weighted by Gasteiger charge is -2.24. The minimum Gasteiger partial charge on any atom is -0.446 e. The highest BCUT2D eigenvalue weighted by Gasteiger charge is 2.38. The van der Waals surface area contributed by atoms with Crippen LogP contribution in [0.5, 0.6) is 0 Å². The van der Waals surface area contributed by atoms with Crippen LogP contribution in [0.25, 0.3) is 0 Å². The van der Waals surface area contributed by atoms with Gasteiger partial charge in [0.15, 0.2) is 0 Å². The lowest BCUT2D eigenvalue weighted by Crippen LogP contribution is -2.47. The largest absolute Gasteiger partial charge is 0.446 e. The smallest absolute Gasteiger partial charge is 0.407 e. The molecule has 0 radical (unpaired) electrons. The van der Waals surface area contributed by atoms with Gasteiger partial charge in [0.05, 0.1) is 24.7 Å². The lowest BCUT2D eigenvalue weighted by atomic mass is 9.96. The van der Waals surface area contributed by atoms with E-state index in [0.717, 1.165) is 37.7 Å². The number of alkyl carbamates (subject to hydrolysis) is 1. The van der Waals surface area contributed by atoms with E-state index in [1.165, 1.54) is 0 Å². The van der Waals surface area contributed by atoms with Crippen LogP contribution in [-0.2, 0) is 20.7 Å². The Morgan fingerprint density at radius 3 is 2.80 bits per heavy atom. The van der Waals surface area contributed by atoms with Gasteiger partial charge in [-0.15, -0.1) is 0 Å². The summed E-state index contributed by atoms with van der Waals surface area (Å²) in [5.41, 5.74) is 7.19. The van der Waals surface area contributed by atoms with Crippen LogP contribution >= 0.6 is 0 Å². The van der Waals surface area contributed by atoms with Gasteiger partial charge in [0.25, 0.3) is 0 Å². The molecule has 1 saturated carbocycles. The first-order chi connectivity index (χ1) is 14.5. The van der Waals surface area contributed by atoms with Gasteiger partial charge in [-0.05, 0) is 50.5 Å². The molecule has 3 aliphatic rings. The number of amides is 2. The number of rotatable bonds is 6. The van der Waals surface area contributed by atoms with Gasteiger partial charge >= 0.3 is 6.09 Å². The molecule has 3 unspecified atom stereocenters. The van der Waals surface area contributed by atoms with E-state index in [9.17, 15) is 9.59 Å². The second-order valence-corrected chi connectivity index (χ2v) is 9.00. The molecule has 0 bridgehead atoms. The Kier molecular flexibility index (Phi) is 6.55. The fraction of sp³-hybridized carbons (Fsp3) is 0.636. The average Bonchev–Trinajstić information content (AvgIpc) is 3.44. The number of hydrogen-bond donors (Lipinski definition) is 4. The van der Waals surface area contributed by atoms with Gasteiger partial charge in [-0.2, -0.15) is 0 Å². The number of carbonyl (C=O) groups excluding carboxylic acids is 2. The molecule has 2 amide bonds. The van der Waals surface area contributed by atoms with E-state index in [2.05, 4.69) is 21.5 Å². The summed E-state index contributed by atoms with van der Waals surface area (Å²) >= 11 is 0. The topological polar surface area (TPSA) is 101 Å². The maximum absolute atomic E-state index is 12.3. The molecule has 3 fully saturated rings. The van der Waals surface area contributed by atoms with Crippen molar-refractivity contribution in [3.8, 4) is 0 Å². The molecule has 1 aromatic rings. The first-order valence-corrected chi connectivity index (χ1v) is 10.9. The van der Waals surface area contributed by atoms with E-state index in [1.54, 1.807) is 0 Å². The first-order valence-electron chi connectivity index (χ1n) is 10.9. The zero-order valence-electron chi connectivity index (χ0n) is 17.5. The molecule has 0 aromatic heterocycles. The van der Waals surface area contributed by atoms with Crippen molar-refractivity contribution < 1.29 is 19.1 Å². The molecule has 1 aromatic carbocycles. The number of hydrogen-bond acceptors (Lipinski definition) is 6. The van der Waals surface area contributed by atoms with E-state index in [-0.39, 0.29) is 35.9 Å². The number of nitrogens with one attached hydrogen (secondary N) is 4. The van der Waals surface area contributed by atoms with Gasteiger partial charge in [0.2, 0.25) is 5.91 Å². The second kappa shape index (κ2) is 9.32. The third kappa shape index (κ3) is 5.50. The standard InChI is InChI=1S/C22H32N4O4/c1-22(9-10-29-14-22)24-21(28)30-17-8-7-16(12-17)18-13-19(26-25-18)23-20(27)11-15-5-3-2-4-6-15/h2-6,16-19,25-26H,7-14H2,1H3,(H,23,27)(H,24,28)/t16-,17+,18?,19?,22?/m0/s1. The summed E-state index contributed by atoms with van der Waals surface area (Å²) in [7, 11) is 0. The fourth-order valence-electron chi connectivity index (χ4n) is 4.65. The summed E-state index contributed by atoms with van der Waals surface area (Å²) in [5, 5.41) is 6.00. The Hall–Kier alpha value is -2.16. The van der Waals surface area contributed by atoms with Gasteiger partial charge < -0.3 is 20.1 Å². The van der Waals surface area contributed by atoms with Crippen LogP contribution in [0.1, 0.15) is 44.6 Å². The summed E-state index contributed by atoms with van der Waals surface area (Å²) in [6.45, 7) is 3.19. The zero-order chi connectivity index (χ0) is 21.0. The Balaban J connectivity index is 1.18. The number of hydrazine groups is 1. The van der Waals surface area contributed by atoms with Crippen LogP contribution in [0.3, 0.4) is 0 Å². The third-order valence-electron chi connectivity index (χ3n) is 6.37. The summed E-state index contributed by atoms with van der Waals surface area (Å²) in [4.78, 5) is 24.5. The van der Waals surface area contributed by atoms with Crippen molar-refractivity contribution in [2.75, 3.05) is 13.2 Å². The molecule has 30 heavy (non-hydrogen) atoms. The third-order valence-corrected chi connectivity index (χ3v) is 6.37. The molecule has 0 spiro atoms. The maximum atomic E-state index is 12.3. The molecule has 8 nitrogen and oxygen atoms in total. The van der Waals surface area contributed by atoms with Crippen molar-refractivity contribution in [1.82, 2.24) is 21.5 Å². The van der Waals surface area contributed by atoms with E-state index in [4.69, 9.17) is 9.47 Å². The monoisotopic (exact) mass is 416 g/mol. The van der Waals surface area contributed by atoms with Crippen molar-refractivity contribution in [1.29, 1.82) is 0 Å². The van der Waals surface area contributed by atoms with Gasteiger partial charge in [-0.25, -0.2) is 10.2 Å². The van der Waals surface area contributed by atoms with E-state index in [1.807, 2.05) is 37.3 Å². The van der Waals surface area contributed by atoms with Crippen LogP contribution < -0.4 is 21.5 Å². The van der Waals surface area contributed by atoms with E-state index >= 15 is 0 Å². The van der Waals surface area contributed by atoms with Gasteiger partial charge in [-0.3, -0.25) is 10.2 Å². The van der Waals surface area contributed by atoms with Gasteiger partial charge in [-0.1, -0.05) is 30.3 Å². The number of benzene rings is 1. The fourth-order valence-corrected chi connectivity index (χ4v) is 4.65. The molecule has 2 saturated heterocycles. The summed E-state index contributed by atoms with van der Waals surface area (Å²) < 4.78 is 11.0. The van der Waals surface area contributed by atoms with Crippen molar-refractivity contribution in [2.45, 2.75) is 69.3 Å². The highest BCUT2D eigenvalue weighted by atomic mass is 16.6. The quantitative estimate of drug-likeness (QED) is 0.562. The van der Waals surface area contributed by atoms with Crippen molar-refractivity contribution in [3.05, 3.63) is 35.9 Å². The first kappa shape index (κ1) is 21.1. The van der Waals surface area contributed by atoms with Crippen LogP contribution in [0.2, 0.25) is 0 Å². The van der Waals surface area contributed by atoms with E-state index < -0.39 is 0 Å². The predicted molar refractivity (Wildman–Crippen MR) is 111 cm³/mol. The molecule has 164 valence electrons. The molecule has 4 rings (SSSR count). The highest BCUT2D eigenvalue weighted by molar-refractivity contribution is 5.78. The Morgan fingerprint density at radius 1 is 1.20 bits per heavy atom. The Bertz CT molecular complexity index is 738. The molecule has 1 aliphatic carbocycles. The number of ether oxygens (including phenoxy) is 2. The highest BCUT2D eigenvalue weighted by Crippen LogP contribution is 2.33.